The number of hydrogen-bond donors (Lipinski definition) is 2. The van der Waals surface area contributed by atoms with E-state index in [1.54, 1.807) is 18.2 Å². The van der Waals surface area contributed by atoms with Crippen LogP contribution in [-0.2, 0) is 0 Å². The van der Waals surface area contributed by atoms with E-state index in [9.17, 15) is 4.79 Å². The van der Waals surface area contributed by atoms with Gasteiger partial charge in [-0.25, -0.2) is 0 Å². The van der Waals surface area contributed by atoms with E-state index >= 15 is 0 Å². The lowest BCUT2D eigenvalue weighted by atomic mass is 10.1. The second-order valence-electron chi connectivity index (χ2n) is 4.99. The zero-order valence-electron chi connectivity index (χ0n) is 10.6. The minimum absolute atomic E-state index is 0.424. The highest BCUT2D eigenvalue weighted by atomic mass is 35.5. The lowest BCUT2D eigenvalue weighted by Crippen LogP contribution is -2.17. The van der Waals surface area contributed by atoms with Crippen molar-refractivity contribution in [3.63, 3.8) is 0 Å². The highest BCUT2D eigenvalue weighted by molar-refractivity contribution is 6.33. The van der Waals surface area contributed by atoms with Crippen LogP contribution in [0.2, 0.25) is 5.02 Å². The fraction of sp³-hybridized carbons (Fsp3) is 0.500. The third-order valence-electron chi connectivity index (χ3n) is 3.73. The summed E-state index contributed by atoms with van der Waals surface area (Å²) < 4.78 is 0. The van der Waals surface area contributed by atoms with Gasteiger partial charge in [-0.15, -0.1) is 0 Å². The third kappa shape index (κ3) is 2.96. The normalized spacial score (nSPS) is 23.0. The largest absolute Gasteiger partial charge is 0.381 e. The molecule has 1 saturated carbocycles. The Hall–Kier alpha value is -1.22. The number of nitrogens with two attached hydrogens (primary N) is 1. The Kier molecular flexibility index (Phi) is 4.12. The van der Waals surface area contributed by atoms with Gasteiger partial charge in [0.2, 0.25) is 5.91 Å². The first-order valence-corrected chi connectivity index (χ1v) is 6.83. The van der Waals surface area contributed by atoms with Crippen LogP contribution in [0.25, 0.3) is 0 Å². The summed E-state index contributed by atoms with van der Waals surface area (Å²) in [6, 6.07) is 5.56. The molecule has 1 amide bonds. The second-order valence-corrected chi connectivity index (χ2v) is 5.39. The zero-order valence-corrected chi connectivity index (χ0v) is 11.3. The maximum Gasteiger partial charge on any atom is 0.248 e. The fourth-order valence-electron chi connectivity index (χ4n) is 2.59. The van der Waals surface area contributed by atoms with Crippen LogP contribution in [0.15, 0.2) is 18.2 Å². The molecule has 3 N–H and O–H groups in total. The number of benzene rings is 1. The van der Waals surface area contributed by atoms with E-state index in [-0.39, 0.29) is 0 Å². The van der Waals surface area contributed by atoms with Crippen molar-refractivity contribution in [2.75, 3.05) is 5.32 Å². The first kappa shape index (κ1) is 13.2. The van der Waals surface area contributed by atoms with Gasteiger partial charge < -0.3 is 11.1 Å². The quantitative estimate of drug-likeness (QED) is 0.877. The Labute approximate surface area is 113 Å². The molecule has 18 heavy (non-hydrogen) atoms. The lowest BCUT2D eigenvalue weighted by molar-refractivity contribution is 0.100. The van der Waals surface area contributed by atoms with Gasteiger partial charge >= 0.3 is 0 Å². The molecule has 1 aliphatic rings. The molecule has 2 atom stereocenters. The molecule has 1 aliphatic carbocycles. The molecule has 0 bridgehead atoms. The summed E-state index contributed by atoms with van der Waals surface area (Å²) in [4.78, 5) is 11.2. The van der Waals surface area contributed by atoms with E-state index in [4.69, 9.17) is 17.3 Å². The first-order chi connectivity index (χ1) is 8.60. The molecule has 0 spiro atoms. The summed E-state index contributed by atoms with van der Waals surface area (Å²) in [6.45, 7) is 2.23. The smallest absolute Gasteiger partial charge is 0.248 e. The number of carbonyl (C=O) groups is 1. The number of carbonyl (C=O) groups excluding carboxylic acids is 1. The van der Waals surface area contributed by atoms with Crippen LogP contribution in [0.3, 0.4) is 0 Å². The standard InChI is InChI=1S/C14H19ClN2O/c1-2-9-3-5-11(7-9)17-13-8-10(14(16)18)4-6-12(13)15/h4,6,8-9,11,17H,2-3,5,7H2,1H3,(H2,16,18). The maximum absolute atomic E-state index is 11.2. The van der Waals surface area contributed by atoms with Crippen molar-refractivity contribution in [2.45, 2.75) is 38.6 Å². The van der Waals surface area contributed by atoms with E-state index in [0.29, 0.717) is 16.6 Å². The van der Waals surface area contributed by atoms with Crippen molar-refractivity contribution < 1.29 is 4.79 Å². The van der Waals surface area contributed by atoms with Crippen molar-refractivity contribution in [3.05, 3.63) is 28.8 Å². The van der Waals surface area contributed by atoms with Gasteiger partial charge in [0.25, 0.3) is 0 Å². The SMILES string of the molecule is CCC1CCC(Nc2cc(C(N)=O)ccc2Cl)C1. The van der Waals surface area contributed by atoms with E-state index in [1.165, 1.54) is 19.3 Å². The van der Waals surface area contributed by atoms with Gasteiger partial charge in [-0.05, 0) is 43.4 Å². The Bertz CT molecular complexity index is 447. The van der Waals surface area contributed by atoms with Crippen molar-refractivity contribution in [2.24, 2.45) is 11.7 Å². The summed E-state index contributed by atoms with van der Waals surface area (Å²) in [5, 5.41) is 4.07. The number of amides is 1. The fourth-order valence-corrected chi connectivity index (χ4v) is 2.76. The zero-order chi connectivity index (χ0) is 13.1. The molecular weight excluding hydrogens is 248 g/mol. The van der Waals surface area contributed by atoms with Gasteiger partial charge in [0.15, 0.2) is 0 Å². The highest BCUT2D eigenvalue weighted by Gasteiger charge is 2.23. The average Bonchev–Trinajstić information content (AvgIpc) is 2.79. The molecule has 3 nitrogen and oxygen atoms in total. The predicted octanol–water partition coefficient (Wildman–Crippen LogP) is 3.43. The van der Waals surface area contributed by atoms with Crippen molar-refractivity contribution >= 4 is 23.2 Å². The molecule has 1 aromatic rings. The van der Waals surface area contributed by atoms with Crippen LogP contribution in [0.1, 0.15) is 43.0 Å². The molecule has 0 radical (unpaired) electrons. The molecule has 1 aromatic carbocycles. The number of nitrogens with one attached hydrogen (secondary N) is 1. The van der Waals surface area contributed by atoms with Crippen LogP contribution in [-0.4, -0.2) is 11.9 Å². The molecule has 98 valence electrons. The summed E-state index contributed by atoms with van der Waals surface area (Å²) in [7, 11) is 0. The number of halogens is 1. The van der Waals surface area contributed by atoms with Crippen LogP contribution in [0.5, 0.6) is 0 Å². The van der Waals surface area contributed by atoms with Gasteiger partial charge in [-0.1, -0.05) is 24.9 Å². The summed E-state index contributed by atoms with van der Waals surface area (Å²) in [5.74, 6) is 0.383. The van der Waals surface area contributed by atoms with Gasteiger partial charge in [0.05, 0.1) is 10.7 Å². The molecule has 4 heteroatoms. The Morgan fingerprint density at radius 3 is 2.89 bits per heavy atom. The predicted molar refractivity (Wildman–Crippen MR) is 75.0 cm³/mol. The Balaban J connectivity index is 2.09. The molecule has 0 heterocycles. The van der Waals surface area contributed by atoms with Gasteiger partial charge in [-0.2, -0.15) is 0 Å². The Morgan fingerprint density at radius 2 is 2.28 bits per heavy atom. The molecular formula is C14H19ClN2O. The van der Waals surface area contributed by atoms with Crippen LogP contribution >= 0.6 is 11.6 Å². The van der Waals surface area contributed by atoms with E-state index in [2.05, 4.69) is 12.2 Å². The van der Waals surface area contributed by atoms with Gasteiger partial charge in [-0.3, -0.25) is 4.79 Å². The van der Waals surface area contributed by atoms with E-state index in [0.717, 1.165) is 18.0 Å². The summed E-state index contributed by atoms with van der Waals surface area (Å²) in [5.41, 5.74) is 6.58. The first-order valence-electron chi connectivity index (χ1n) is 6.46. The number of rotatable bonds is 4. The number of hydrogen-bond acceptors (Lipinski definition) is 2. The number of anilines is 1. The molecule has 0 aliphatic heterocycles. The maximum atomic E-state index is 11.2. The summed E-state index contributed by atoms with van der Waals surface area (Å²) >= 11 is 6.13. The minimum Gasteiger partial charge on any atom is -0.381 e. The lowest BCUT2D eigenvalue weighted by Gasteiger charge is -2.16. The van der Waals surface area contributed by atoms with Gasteiger partial charge in [0.1, 0.15) is 0 Å². The van der Waals surface area contributed by atoms with Crippen molar-refractivity contribution in [1.29, 1.82) is 0 Å². The van der Waals surface area contributed by atoms with Gasteiger partial charge in [0, 0.05) is 11.6 Å². The van der Waals surface area contributed by atoms with Crippen LogP contribution in [0, 0.1) is 5.92 Å². The third-order valence-corrected chi connectivity index (χ3v) is 4.06. The monoisotopic (exact) mass is 266 g/mol. The number of primary amides is 1. The Morgan fingerprint density at radius 1 is 1.50 bits per heavy atom. The molecule has 2 unspecified atom stereocenters. The molecule has 0 saturated heterocycles. The molecule has 1 fully saturated rings. The van der Waals surface area contributed by atoms with Crippen LogP contribution in [0.4, 0.5) is 5.69 Å². The van der Waals surface area contributed by atoms with Crippen molar-refractivity contribution in [1.82, 2.24) is 0 Å². The van der Waals surface area contributed by atoms with Crippen molar-refractivity contribution in [3.8, 4) is 0 Å². The molecule has 2 rings (SSSR count). The van der Waals surface area contributed by atoms with E-state index < -0.39 is 5.91 Å². The summed E-state index contributed by atoms with van der Waals surface area (Å²) in [6.07, 6.45) is 4.83. The average molecular weight is 267 g/mol. The highest BCUT2D eigenvalue weighted by Crippen LogP contribution is 2.32. The second kappa shape index (κ2) is 5.61. The minimum atomic E-state index is -0.424. The van der Waals surface area contributed by atoms with Crippen LogP contribution < -0.4 is 11.1 Å². The topological polar surface area (TPSA) is 55.1 Å². The van der Waals surface area contributed by atoms with E-state index in [1.807, 2.05) is 0 Å². The molecule has 0 aromatic heterocycles.